The van der Waals surface area contributed by atoms with Crippen LogP contribution < -0.4 is 0 Å². The summed E-state index contributed by atoms with van der Waals surface area (Å²) in [5, 5.41) is 2.49. The van der Waals surface area contributed by atoms with E-state index in [1.807, 2.05) is 30.3 Å². The molecule has 4 aromatic carbocycles. The van der Waals surface area contributed by atoms with Crippen molar-refractivity contribution >= 4 is 44.2 Å². The number of unbranched alkanes of at least 4 members (excludes halogenated alkanes) is 16. The van der Waals surface area contributed by atoms with Crippen molar-refractivity contribution in [2.45, 2.75) is 159 Å². The van der Waals surface area contributed by atoms with Gasteiger partial charge in [0.1, 0.15) is 12.5 Å². The van der Waals surface area contributed by atoms with E-state index in [1.165, 1.54) is 150 Å². The second-order valence-corrected chi connectivity index (χ2v) is 18.7. The van der Waals surface area contributed by atoms with Gasteiger partial charge >= 0.3 is 0 Å². The zero-order chi connectivity index (χ0) is 38.8. The van der Waals surface area contributed by atoms with Gasteiger partial charge in [-0.15, -0.1) is 0 Å². The van der Waals surface area contributed by atoms with E-state index in [9.17, 15) is 9.11 Å². The number of rotatable bonds is 26. The van der Waals surface area contributed by atoms with Gasteiger partial charge in [-0.2, -0.15) is 0 Å². The zero-order valence-corrected chi connectivity index (χ0v) is 36.2. The second kappa shape index (κ2) is 23.5. The lowest BCUT2D eigenvalue weighted by atomic mass is 9.91. The summed E-state index contributed by atoms with van der Waals surface area (Å²) in [6, 6.07) is 29.8. The minimum absolute atomic E-state index is 0.579. The van der Waals surface area contributed by atoms with Crippen LogP contribution in [0.1, 0.15) is 142 Å². The van der Waals surface area contributed by atoms with Gasteiger partial charge in [-0.05, 0) is 77.0 Å². The van der Waals surface area contributed by atoms with Crippen LogP contribution in [-0.2, 0) is 28.9 Å². The fourth-order valence-corrected chi connectivity index (χ4v) is 10.3. The molecule has 3 atom stereocenters. The molecule has 0 aliphatic carbocycles. The maximum Gasteiger partial charge on any atom is 0.160 e. The number of benzene rings is 4. The van der Waals surface area contributed by atoms with Gasteiger partial charge in [0, 0.05) is 39.5 Å². The van der Waals surface area contributed by atoms with Gasteiger partial charge in [0.2, 0.25) is 0 Å². The molecule has 1 heterocycles. The minimum Gasteiger partial charge on any atom is -0.612 e. The van der Waals surface area contributed by atoms with Gasteiger partial charge in [-0.1, -0.05) is 184 Å². The van der Waals surface area contributed by atoms with Crippen LogP contribution in [0.25, 0.3) is 44.1 Å². The first-order chi connectivity index (χ1) is 27.0. The van der Waals surface area contributed by atoms with Crippen LogP contribution >= 0.6 is 0 Å². The predicted molar refractivity (Wildman–Crippen MR) is 242 cm³/mol. The maximum absolute atomic E-state index is 13.4. The van der Waals surface area contributed by atoms with Crippen LogP contribution in [0, 0.1) is 5.92 Å². The van der Waals surface area contributed by atoms with E-state index in [1.54, 1.807) is 12.5 Å². The quantitative estimate of drug-likeness (QED) is 0.0414. The molecule has 0 saturated heterocycles. The number of hydrogen-bond acceptors (Lipinski definition) is 2. The molecular formula is C50H69NO2S2. The Kier molecular flexibility index (Phi) is 18.6. The Balaban J connectivity index is 1.52. The van der Waals surface area contributed by atoms with Crippen LogP contribution in [0.15, 0.2) is 94.7 Å². The molecule has 5 rings (SSSR count). The summed E-state index contributed by atoms with van der Waals surface area (Å²) in [4.78, 5) is 1.67. The number of hydrogen-bond donors (Lipinski definition) is 0. The molecule has 0 radical (unpaired) electrons. The van der Waals surface area contributed by atoms with Crippen LogP contribution in [0.2, 0.25) is 0 Å². The summed E-state index contributed by atoms with van der Waals surface area (Å²) in [6.45, 7) is 5.56. The highest BCUT2D eigenvalue weighted by atomic mass is 32.2. The topological polar surface area (TPSA) is 51.0 Å². The van der Waals surface area contributed by atoms with Crippen LogP contribution in [0.5, 0.6) is 0 Å². The predicted octanol–water partition coefficient (Wildman–Crippen LogP) is 15.1. The Bertz CT molecular complexity index is 1860. The highest BCUT2D eigenvalue weighted by molar-refractivity contribution is 7.91. The van der Waals surface area contributed by atoms with Crippen molar-refractivity contribution in [2.24, 2.45) is 5.92 Å². The lowest BCUT2D eigenvalue weighted by Crippen LogP contribution is -2.12. The Labute approximate surface area is 340 Å². The molecule has 0 aliphatic rings. The van der Waals surface area contributed by atoms with E-state index < -0.39 is 22.4 Å². The van der Waals surface area contributed by atoms with Crippen LogP contribution in [0.4, 0.5) is 0 Å². The maximum atomic E-state index is 13.4. The smallest absolute Gasteiger partial charge is 0.160 e. The Morgan fingerprint density at radius 3 is 1.47 bits per heavy atom. The Morgan fingerprint density at radius 1 is 0.473 bits per heavy atom. The van der Waals surface area contributed by atoms with Gasteiger partial charge in [-0.25, -0.2) is 0 Å². The summed E-state index contributed by atoms with van der Waals surface area (Å²) in [5.74, 6) is 0.579. The van der Waals surface area contributed by atoms with E-state index in [2.05, 4.69) is 73.0 Å². The van der Waals surface area contributed by atoms with Crippen molar-refractivity contribution in [3.8, 4) is 22.3 Å². The largest absolute Gasteiger partial charge is 0.612 e. The van der Waals surface area contributed by atoms with Crippen molar-refractivity contribution in [3.63, 3.8) is 0 Å². The molecule has 0 fully saturated rings. The number of aromatic nitrogens is 1. The van der Waals surface area contributed by atoms with Crippen molar-refractivity contribution in [1.29, 1.82) is 0 Å². The van der Waals surface area contributed by atoms with Crippen LogP contribution in [-0.4, -0.2) is 26.2 Å². The number of fused-ring (bicyclic) bond motifs is 3. The number of nitrogens with zero attached hydrogens (tertiary/aromatic N) is 1. The van der Waals surface area contributed by atoms with E-state index >= 15 is 0 Å². The molecule has 1 aromatic heterocycles. The summed E-state index contributed by atoms with van der Waals surface area (Å²) in [7, 11) is 0. The van der Waals surface area contributed by atoms with E-state index in [-0.39, 0.29) is 0 Å². The second-order valence-electron chi connectivity index (χ2n) is 16.0. The molecule has 298 valence electrons. The molecule has 3 unspecified atom stereocenters. The lowest BCUT2D eigenvalue weighted by molar-refractivity contribution is 0.364. The third-order valence-electron chi connectivity index (χ3n) is 11.8. The van der Waals surface area contributed by atoms with Gasteiger partial charge in [0.25, 0.3) is 0 Å². The van der Waals surface area contributed by atoms with Gasteiger partial charge < -0.3 is 13.7 Å². The van der Waals surface area contributed by atoms with E-state index in [4.69, 9.17) is 0 Å². The molecule has 0 amide bonds. The molecule has 0 bridgehead atoms. The van der Waals surface area contributed by atoms with Gasteiger partial charge in [-0.3, -0.25) is 0 Å². The average Bonchev–Trinajstić information content (AvgIpc) is 3.52. The molecule has 55 heavy (non-hydrogen) atoms. The molecule has 3 nitrogen and oxygen atoms in total. The first kappa shape index (κ1) is 43.4. The molecule has 0 spiro atoms. The lowest BCUT2D eigenvalue weighted by Gasteiger charge is -2.22. The average molecular weight is 780 g/mol. The molecule has 5 aromatic rings. The SMILES string of the molecule is CCCCCCCCCCCCC(CCCCCCCCCC)Cn1c2ccccc2c2ccc(-c3ccccc3[S+](C)[O-])c(-c3ccccc3[S+](C)[O-])c21. The summed E-state index contributed by atoms with van der Waals surface area (Å²) < 4.78 is 29.2. The van der Waals surface area contributed by atoms with Crippen molar-refractivity contribution in [1.82, 2.24) is 4.57 Å². The summed E-state index contributed by atoms with van der Waals surface area (Å²) in [5.41, 5.74) is 6.60. The van der Waals surface area contributed by atoms with Gasteiger partial charge in [0.15, 0.2) is 9.79 Å². The summed E-state index contributed by atoms with van der Waals surface area (Å²) in [6.07, 6.45) is 30.4. The molecule has 0 aliphatic heterocycles. The minimum atomic E-state index is -1.19. The van der Waals surface area contributed by atoms with Crippen molar-refractivity contribution in [2.75, 3.05) is 12.5 Å². The van der Waals surface area contributed by atoms with Crippen molar-refractivity contribution < 1.29 is 9.11 Å². The molecule has 5 heteroatoms. The van der Waals surface area contributed by atoms with E-state index in [0.717, 1.165) is 38.6 Å². The molecule has 0 N–H and O–H groups in total. The third-order valence-corrected chi connectivity index (χ3v) is 13.7. The molecule has 0 saturated carbocycles. The highest BCUT2D eigenvalue weighted by Crippen LogP contribution is 2.45. The zero-order valence-electron chi connectivity index (χ0n) is 34.6. The number of para-hydroxylation sites is 1. The first-order valence-electron chi connectivity index (χ1n) is 21.9. The normalized spacial score (nSPS) is 13.5. The Morgan fingerprint density at radius 2 is 0.927 bits per heavy atom. The van der Waals surface area contributed by atoms with E-state index in [0.29, 0.717) is 5.92 Å². The van der Waals surface area contributed by atoms with Crippen molar-refractivity contribution in [3.05, 3.63) is 84.9 Å². The standard InChI is InChI=1S/C50H69NO2S2/c1-5-7-9-11-13-15-16-18-20-22-30-40(29-21-19-17-14-12-10-8-6-2)39-51-46-34-26-23-31-41(46)44-38-37-43(42-32-24-27-35-47(42)54(3)52)49(50(44)51)45-33-25-28-36-48(45)55(4)53/h23-28,31-38,40H,5-22,29-30,39H2,1-4H3. The Hall–Kier alpha value is -2.70. The fraction of sp³-hybridized carbons (Fsp3) is 0.520. The fourth-order valence-electron chi connectivity index (χ4n) is 8.77. The molecular weight excluding hydrogens is 711 g/mol. The monoisotopic (exact) mass is 779 g/mol. The van der Waals surface area contributed by atoms with Crippen LogP contribution in [0.3, 0.4) is 0 Å². The first-order valence-corrected chi connectivity index (χ1v) is 25.0. The summed E-state index contributed by atoms with van der Waals surface area (Å²) >= 11 is -2.36. The van der Waals surface area contributed by atoms with Gasteiger partial charge in [0.05, 0.1) is 5.52 Å². The third kappa shape index (κ3) is 12.2. The highest BCUT2D eigenvalue weighted by Gasteiger charge is 2.26.